The van der Waals surface area contributed by atoms with Crippen LogP contribution in [0, 0.1) is 0 Å². The first-order chi connectivity index (χ1) is 3.00. The van der Waals surface area contributed by atoms with Gasteiger partial charge in [0, 0.05) is 0 Å². The van der Waals surface area contributed by atoms with E-state index in [4.69, 9.17) is 21.3 Å². The van der Waals surface area contributed by atoms with Crippen molar-refractivity contribution in [3.8, 4) is 0 Å². The summed E-state index contributed by atoms with van der Waals surface area (Å²) in [6.07, 6.45) is 0. The number of rotatable bonds is 0. The van der Waals surface area contributed by atoms with Crippen LogP contribution < -0.4 is 0 Å². The second kappa shape index (κ2) is 7.49. The number of halogens is 1. The zero-order chi connectivity index (χ0) is 6.50. The van der Waals surface area contributed by atoms with E-state index in [9.17, 15) is 0 Å². The average Bonchev–Trinajstić information content (AvgIpc) is 1.36. The summed E-state index contributed by atoms with van der Waals surface area (Å²) in [5.74, 6) is 0. The van der Waals surface area contributed by atoms with E-state index in [0.717, 1.165) is 0 Å². The Balaban J connectivity index is -0.0000000750. The Morgan fingerprint density at radius 1 is 1.12 bits per heavy atom. The first kappa shape index (κ1) is 15.8. The molecule has 1 radical (unpaired) electrons. The van der Waals surface area contributed by atoms with Crippen molar-refractivity contribution in [3.63, 3.8) is 0 Å². The second-order valence-electron chi connectivity index (χ2n) is 0.448. The Morgan fingerprint density at radius 3 is 1.12 bits per heavy atom. The van der Waals surface area contributed by atoms with Crippen molar-refractivity contribution in [2.45, 2.75) is 0 Å². The van der Waals surface area contributed by atoms with Crippen LogP contribution in [0.4, 0.5) is 0 Å². The maximum absolute atomic E-state index is 8.74. The van der Waals surface area contributed by atoms with E-state index in [-0.39, 0.29) is 12.4 Å². The van der Waals surface area contributed by atoms with E-state index in [1.807, 2.05) is 0 Å². The van der Waals surface area contributed by atoms with Crippen molar-refractivity contribution in [2.24, 2.45) is 0 Å². The molecule has 0 saturated carbocycles. The third kappa shape index (κ3) is 808. The van der Waals surface area contributed by atoms with Crippen LogP contribution >= 0.6 is 12.4 Å². The molecule has 0 bridgehead atoms. The number of hydrogen-bond donors (Lipinski definition) is 2. The fraction of sp³-hybridized carbons (Fsp3) is 0. The molecule has 49 valence electrons. The Hall–Kier alpha value is 0.492. The van der Waals surface area contributed by atoms with Crippen LogP contribution in [0.25, 0.3) is 0 Å². The standard InChI is InChI=1S/Al.ClH.H2O4S.O/c;;1-5(2,3)4;/h;1H;(H2,1,2,3,4);. The summed E-state index contributed by atoms with van der Waals surface area (Å²) in [6, 6.07) is 0. The van der Waals surface area contributed by atoms with E-state index in [0.29, 0.717) is 0 Å². The summed E-state index contributed by atoms with van der Waals surface area (Å²) in [7, 11) is -4.67. The van der Waals surface area contributed by atoms with Gasteiger partial charge in [-0.1, -0.05) is 0 Å². The molecule has 0 aliphatic rings. The van der Waals surface area contributed by atoms with Crippen molar-refractivity contribution >= 4 is 39.0 Å². The zero-order valence-corrected chi connectivity index (χ0v) is 6.30. The van der Waals surface area contributed by atoms with Gasteiger partial charge in [-0.15, -0.1) is 12.4 Å². The van der Waals surface area contributed by atoms with Gasteiger partial charge in [-0.25, -0.2) is 0 Å². The first-order valence-corrected chi connectivity index (χ1v) is 2.80. The third-order valence-corrected chi connectivity index (χ3v) is 0. The molecule has 0 atom stereocenters. The molecule has 8 heteroatoms. The van der Waals surface area contributed by atoms with E-state index in [1.54, 1.807) is 0 Å². The predicted octanol–water partition coefficient (Wildman–Crippen LogP) is -0.731. The molecule has 0 heterocycles. The average molecular weight is 178 g/mol. The fourth-order valence-corrected chi connectivity index (χ4v) is 0. The van der Waals surface area contributed by atoms with Gasteiger partial charge in [-0.2, -0.15) is 8.42 Å². The molecule has 0 unspecified atom stereocenters. The monoisotopic (exact) mass is 177 g/mol. The third-order valence-electron chi connectivity index (χ3n) is 0. The molecular weight excluding hydrogens is 174 g/mol. The van der Waals surface area contributed by atoms with E-state index in [1.165, 1.54) is 16.2 Å². The molecule has 2 N–H and O–H groups in total. The van der Waals surface area contributed by atoms with Gasteiger partial charge in [-0.3, -0.25) is 9.11 Å². The minimum atomic E-state index is -4.67. The predicted molar refractivity (Wildman–Crippen MR) is 27.9 cm³/mol. The summed E-state index contributed by atoms with van der Waals surface area (Å²) in [6.45, 7) is 0. The SMILES string of the molecule is Cl.O=S(=O)(O)O.[O]=[Al]. The molecule has 0 rings (SSSR count). The van der Waals surface area contributed by atoms with E-state index >= 15 is 0 Å². The molecule has 0 saturated heterocycles. The van der Waals surface area contributed by atoms with Crippen molar-refractivity contribution in [1.29, 1.82) is 0 Å². The summed E-state index contributed by atoms with van der Waals surface area (Å²) in [5.41, 5.74) is 0. The van der Waals surface area contributed by atoms with Gasteiger partial charge in [0.1, 0.15) is 0 Å². The van der Waals surface area contributed by atoms with Gasteiger partial charge >= 0.3 is 30.4 Å². The normalized spacial score (nSPS) is 7.62. The van der Waals surface area contributed by atoms with Crippen LogP contribution in [-0.2, 0) is 14.2 Å². The molecule has 0 aromatic rings. The Labute approximate surface area is 60.7 Å². The Morgan fingerprint density at radius 2 is 1.12 bits per heavy atom. The Kier molecular flexibility index (Phi) is 14.8. The molecule has 0 fully saturated rings. The quantitative estimate of drug-likeness (QED) is 0.376. The van der Waals surface area contributed by atoms with Crippen molar-refractivity contribution in [2.75, 3.05) is 0 Å². The topological polar surface area (TPSA) is 91.7 Å². The van der Waals surface area contributed by atoms with Gasteiger partial charge in [0.2, 0.25) is 0 Å². The van der Waals surface area contributed by atoms with Crippen LogP contribution in [0.1, 0.15) is 0 Å². The molecule has 8 heavy (non-hydrogen) atoms. The van der Waals surface area contributed by atoms with Crippen LogP contribution in [0.15, 0.2) is 0 Å². The van der Waals surface area contributed by atoms with Gasteiger partial charge in [-0.05, 0) is 0 Å². The minimum absolute atomic E-state index is 0. The van der Waals surface area contributed by atoms with Crippen LogP contribution in [0.3, 0.4) is 0 Å². The van der Waals surface area contributed by atoms with Crippen LogP contribution in [0.2, 0.25) is 0 Å². The Bertz CT molecular complexity index is 106. The molecule has 0 spiro atoms. The van der Waals surface area contributed by atoms with E-state index in [2.05, 4.69) is 0 Å². The van der Waals surface area contributed by atoms with Gasteiger partial charge in [0.25, 0.3) is 0 Å². The fourth-order valence-electron chi connectivity index (χ4n) is 0. The van der Waals surface area contributed by atoms with Gasteiger partial charge in [0.15, 0.2) is 0 Å². The molecule has 0 aliphatic heterocycles. The number of hydrogen-bond acceptors (Lipinski definition) is 3. The summed E-state index contributed by atoms with van der Waals surface area (Å²) < 4.78 is 39.8. The molecule has 5 nitrogen and oxygen atoms in total. The summed E-state index contributed by atoms with van der Waals surface area (Å²) >= 11 is 1.17. The van der Waals surface area contributed by atoms with Gasteiger partial charge in [0.05, 0.1) is 0 Å². The summed E-state index contributed by atoms with van der Waals surface area (Å²) in [5, 5.41) is 0. The van der Waals surface area contributed by atoms with Gasteiger partial charge < -0.3 is 0 Å². The molecule has 0 aliphatic carbocycles. The van der Waals surface area contributed by atoms with Crippen LogP contribution in [0.5, 0.6) is 0 Å². The maximum atomic E-state index is 8.74. The van der Waals surface area contributed by atoms with Crippen molar-refractivity contribution in [1.82, 2.24) is 0 Å². The summed E-state index contributed by atoms with van der Waals surface area (Å²) in [4.78, 5) is 0. The molecule has 0 aromatic heterocycles. The molecule has 0 aromatic carbocycles. The molecular formula is H3AlClO5S. The molecule has 0 amide bonds. The second-order valence-corrected chi connectivity index (χ2v) is 1.34. The van der Waals surface area contributed by atoms with Crippen molar-refractivity contribution in [3.05, 3.63) is 0 Å². The van der Waals surface area contributed by atoms with Crippen molar-refractivity contribution < 1.29 is 21.3 Å². The first-order valence-electron chi connectivity index (χ1n) is 0.934. The van der Waals surface area contributed by atoms with Crippen LogP contribution in [-0.4, -0.2) is 33.7 Å². The van der Waals surface area contributed by atoms with E-state index < -0.39 is 10.4 Å². The zero-order valence-electron chi connectivity index (χ0n) is 3.51.